The Hall–Kier alpha value is -5.05. The van der Waals surface area contributed by atoms with Gasteiger partial charge in [-0.2, -0.15) is 0 Å². The van der Waals surface area contributed by atoms with Crippen LogP contribution >= 0.6 is 36.2 Å². The third-order valence-corrected chi connectivity index (χ3v) is 7.22. The number of imide groups is 3. The number of hydrogen-bond donors (Lipinski definition) is 1. The van der Waals surface area contributed by atoms with E-state index in [0.29, 0.717) is 25.9 Å². The number of hydrogen-bond acceptors (Lipinski definition) is 22. The predicted octanol–water partition coefficient (Wildman–Crippen LogP) is 2.05. The summed E-state index contributed by atoms with van der Waals surface area (Å²) >= 11 is 13.7. The SMILES string of the molecule is C=S.CC(=O)ON1C(=O)CCC1=O.CC=O.CCC(=O)ON1C(=O)CCC1=O.CCCC=O.COC(=O)ON1C(=O)CCC1=O.COCC(=O)N1CCSC1=S.N=S. The average molecular weight is 902 g/mol. The largest absolute Gasteiger partial charge is 0.533 e. The Bertz CT molecular complexity index is 1340. The molecule has 0 aliphatic carbocycles. The number of unbranched alkanes of at least 4 members (excludes halogenated alkanes) is 1. The van der Waals surface area contributed by atoms with Crippen molar-refractivity contribution in [1.29, 1.82) is 4.78 Å². The Morgan fingerprint density at radius 3 is 1.40 bits per heavy atom. The number of thiocarbonyl (C=S) groups is 2. The summed E-state index contributed by atoms with van der Waals surface area (Å²) in [6.07, 6.45) is 3.13. The van der Waals surface area contributed by atoms with Crippen LogP contribution in [0, 0.1) is 4.78 Å². The molecule has 26 heteroatoms. The fraction of sp³-hybridized carbons (Fsp3) is 0.562. The van der Waals surface area contributed by atoms with Crippen molar-refractivity contribution in [2.45, 2.75) is 85.5 Å². The van der Waals surface area contributed by atoms with Gasteiger partial charge in [0, 0.05) is 90.1 Å². The summed E-state index contributed by atoms with van der Waals surface area (Å²) in [6.45, 7) is 7.01. The van der Waals surface area contributed by atoms with Gasteiger partial charge in [0.2, 0.25) is 0 Å². The van der Waals surface area contributed by atoms with Crippen molar-refractivity contribution in [2.24, 2.45) is 0 Å². The first kappa shape index (κ1) is 59.6. The highest BCUT2D eigenvalue weighted by Crippen LogP contribution is 2.17. The highest BCUT2D eigenvalue weighted by molar-refractivity contribution is 8.23. The lowest BCUT2D eigenvalue weighted by Gasteiger charge is -2.12. The zero-order valence-corrected chi connectivity index (χ0v) is 36.0. The van der Waals surface area contributed by atoms with E-state index in [1.54, 1.807) is 23.6 Å². The lowest BCUT2D eigenvalue weighted by molar-refractivity contribution is -0.197. The van der Waals surface area contributed by atoms with Crippen LogP contribution in [0.5, 0.6) is 0 Å². The molecule has 58 heavy (non-hydrogen) atoms. The van der Waals surface area contributed by atoms with Gasteiger partial charge in [0.15, 0.2) is 0 Å². The Balaban J connectivity index is -0.000000307. The van der Waals surface area contributed by atoms with Gasteiger partial charge in [0.1, 0.15) is 23.5 Å². The van der Waals surface area contributed by atoms with Crippen LogP contribution in [-0.4, -0.2) is 135 Å². The summed E-state index contributed by atoms with van der Waals surface area (Å²) in [4.78, 5) is 140. The molecule has 4 heterocycles. The van der Waals surface area contributed by atoms with Crippen molar-refractivity contribution in [3.8, 4) is 0 Å². The molecule has 0 bridgehead atoms. The summed E-state index contributed by atoms with van der Waals surface area (Å²) in [7, 11) is 2.59. The van der Waals surface area contributed by atoms with Crippen LogP contribution in [-0.2, 0) is 89.2 Å². The fourth-order valence-electron chi connectivity index (χ4n) is 3.32. The minimum atomic E-state index is -1.07. The van der Waals surface area contributed by atoms with Crippen LogP contribution < -0.4 is 0 Å². The third-order valence-electron chi connectivity index (χ3n) is 5.79. The number of aldehydes is 2. The number of methoxy groups -OCH3 is 2. The molecule has 4 aliphatic heterocycles. The van der Waals surface area contributed by atoms with E-state index in [1.807, 2.05) is 6.92 Å². The number of hydroxylamine groups is 6. The molecule has 4 aliphatic rings. The van der Waals surface area contributed by atoms with Gasteiger partial charge < -0.3 is 28.7 Å². The number of amides is 7. The standard InChI is InChI=1S/C7H9NO4.C6H7NO5.C6H7NO4.C6H9NO2S2.C4H8O.C2H4O.CH2S.HNS/c1-2-7(11)12-8-5(9)3-4-6(8)10;1-11-6(10)12-7-4(8)2-3-5(7)9;1-4(8)11-7-5(9)2-3-6(7)10;1-9-4-5(8)7-2-3-11-6(7)10;1-2-3-4-5;1-2-3;2*1-2/h2-4H2,1H3;2-3H2,1H3;2-3H2,1H3;2-4H2,1H3;4H,2-3H2,1H3;2H,1H3;1H2;1H. The molecule has 7 amide bonds. The van der Waals surface area contributed by atoms with E-state index in [1.165, 1.54) is 14.0 Å². The molecule has 0 unspecified atom stereocenters. The van der Waals surface area contributed by atoms with Gasteiger partial charge in [0.05, 0.1) is 7.11 Å². The first-order valence-corrected chi connectivity index (χ1v) is 18.9. The third kappa shape index (κ3) is 26.7. The van der Waals surface area contributed by atoms with E-state index < -0.39 is 53.5 Å². The van der Waals surface area contributed by atoms with Crippen molar-refractivity contribution in [3.63, 3.8) is 0 Å². The van der Waals surface area contributed by atoms with Gasteiger partial charge in [0.25, 0.3) is 41.4 Å². The van der Waals surface area contributed by atoms with E-state index >= 15 is 0 Å². The molecule has 0 radical (unpaired) electrons. The molecule has 0 aromatic rings. The number of nitrogens with zero attached hydrogens (tertiary/aromatic N) is 4. The minimum Gasteiger partial charge on any atom is -0.436 e. The van der Waals surface area contributed by atoms with Crippen molar-refractivity contribution >= 4 is 131 Å². The predicted molar refractivity (Wildman–Crippen MR) is 211 cm³/mol. The quantitative estimate of drug-likeness (QED) is 0.158. The first-order valence-electron chi connectivity index (χ1n) is 16.5. The van der Waals surface area contributed by atoms with Crippen LogP contribution in [0.1, 0.15) is 85.5 Å². The maximum Gasteiger partial charge on any atom is 0.533 e. The summed E-state index contributed by atoms with van der Waals surface area (Å²) in [5.41, 5.74) is 0. The monoisotopic (exact) mass is 901 g/mol. The second-order valence-electron chi connectivity index (χ2n) is 9.97. The van der Waals surface area contributed by atoms with Crippen molar-refractivity contribution < 1.29 is 81.5 Å². The molecule has 22 nitrogen and oxygen atoms in total. The smallest absolute Gasteiger partial charge is 0.436 e. The molecule has 4 rings (SSSR count). The Morgan fingerprint density at radius 1 is 0.759 bits per heavy atom. The lowest BCUT2D eigenvalue weighted by Crippen LogP contribution is -2.33. The molecule has 0 saturated carbocycles. The summed E-state index contributed by atoms with van der Waals surface area (Å²) in [5.74, 6) is -0.363. The Labute approximate surface area is 354 Å². The molecular weight excluding hydrogens is 855 g/mol. The van der Waals surface area contributed by atoms with E-state index in [2.05, 4.69) is 49.8 Å². The van der Waals surface area contributed by atoms with Crippen LogP contribution in [0.4, 0.5) is 4.79 Å². The number of carbonyl (C=O) groups is 12. The number of carbonyl (C=O) groups excluding carboxylic acids is 12. The van der Waals surface area contributed by atoms with Gasteiger partial charge in [-0.3, -0.25) is 43.3 Å². The molecular formula is C32H47N5O17S4. The van der Waals surface area contributed by atoms with Crippen molar-refractivity contribution in [2.75, 3.05) is 33.1 Å². The molecule has 0 aromatic carbocycles. The van der Waals surface area contributed by atoms with E-state index in [0.717, 1.165) is 45.3 Å². The first-order chi connectivity index (χ1) is 27.5. The highest BCUT2D eigenvalue weighted by Gasteiger charge is 2.34. The molecule has 4 fully saturated rings. The average Bonchev–Trinajstić information content (AvgIpc) is 3.96. The van der Waals surface area contributed by atoms with Gasteiger partial charge in [-0.25, -0.2) is 19.2 Å². The number of nitrogens with one attached hydrogen (secondary N) is 1. The summed E-state index contributed by atoms with van der Waals surface area (Å²) < 4.78 is 14.8. The van der Waals surface area contributed by atoms with Crippen LogP contribution in [0.25, 0.3) is 0 Å². The van der Waals surface area contributed by atoms with Crippen molar-refractivity contribution in [3.05, 3.63) is 0 Å². The second kappa shape index (κ2) is 37.5. The number of ether oxygens (including phenoxy) is 2. The van der Waals surface area contributed by atoms with Crippen LogP contribution in [0.15, 0.2) is 0 Å². The van der Waals surface area contributed by atoms with E-state index in [9.17, 15) is 52.7 Å². The second-order valence-corrected chi connectivity index (χ2v) is 11.7. The molecule has 0 spiro atoms. The van der Waals surface area contributed by atoms with Crippen molar-refractivity contribution in [1.82, 2.24) is 20.1 Å². The number of thioether (sulfide) groups is 1. The molecule has 0 aromatic heterocycles. The number of rotatable bonds is 8. The normalized spacial score (nSPS) is 14.6. The molecule has 1 N–H and O–H groups in total. The lowest BCUT2D eigenvalue weighted by atomic mass is 10.4. The zero-order valence-electron chi connectivity index (χ0n) is 32.7. The Morgan fingerprint density at radius 2 is 1.14 bits per heavy atom. The van der Waals surface area contributed by atoms with Crippen LogP contribution in [0.2, 0.25) is 0 Å². The van der Waals surface area contributed by atoms with Gasteiger partial charge in [-0.1, -0.05) is 55.1 Å². The molecule has 326 valence electrons. The highest BCUT2D eigenvalue weighted by atomic mass is 32.2. The molecule has 0 atom stereocenters. The van der Waals surface area contributed by atoms with E-state index in [-0.39, 0.29) is 57.5 Å². The van der Waals surface area contributed by atoms with Gasteiger partial charge in [-0.15, -0.1) is 10.1 Å². The summed E-state index contributed by atoms with van der Waals surface area (Å²) in [6, 6.07) is 0. The summed E-state index contributed by atoms with van der Waals surface area (Å²) in [5, 5.41) is 1.49. The van der Waals surface area contributed by atoms with E-state index in [4.69, 9.17) is 26.5 Å². The van der Waals surface area contributed by atoms with Crippen LogP contribution in [0.3, 0.4) is 0 Å². The van der Waals surface area contributed by atoms with Gasteiger partial charge in [-0.05, 0) is 19.2 Å². The Kier molecular flexibility index (Phi) is 38.6. The fourth-order valence-corrected chi connectivity index (χ4v) is 4.56. The van der Waals surface area contributed by atoms with Gasteiger partial charge >= 0.3 is 18.1 Å². The minimum absolute atomic E-state index is 0.0394. The topological polar surface area (TPSA) is 288 Å². The maximum atomic E-state index is 11.2. The maximum absolute atomic E-state index is 11.2. The molecule has 4 saturated heterocycles. The zero-order chi connectivity index (χ0) is 45.8.